The molecule has 1 aromatic carbocycles. The summed E-state index contributed by atoms with van der Waals surface area (Å²) in [7, 11) is 0. The SMILES string of the molecule is Cc1ccc(-c2nnc(CCC(=O)NC3CCCCC3)c(=O)[nH]2)cc1Cl. The molecule has 3 rings (SSSR count). The lowest BCUT2D eigenvalue weighted by molar-refractivity contribution is -0.122. The molecule has 0 unspecified atom stereocenters. The van der Waals surface area contributed by atoms with Gasteiger partial charge in [0, 0.05) is 29.5 Å². The zero-order chi connectivity index (χ0) is 18.5. The largest absolute Gasteiger partial charge is 0.353 e. The number of hydrogen-bond acceptors (Lipinski definition) is 4. The van der Waals surface area contributed by atoms with E-state index in [1.165, 1.54) is 19.3 Å². The standard InChI is InChI=1S/C19H23ClN4O2/c1-12-7-8-13(11-15(12)20)18-22-19(26)16(23-24-18)9-10-17(25)21-14-5-3-2-4-6-14/h7-8,11,14H,2-6,9-10H2,1H3,(H,21,25)(H,22,24,26). The van der Waals surface area contributed by atoms with Crippen LogP contribution in [0.5, 0.6) is 0 Å². The van der Waals surface area contributed by atoms with E-state index >= 15 is 0 Å². The Morgan fingerprint density at radius 2 is 2.04 bits per heavy atom. The number of benzene rings is 1. The molecular formula is C19H23ClN4O2. The number of halogens is 1. The minimum atomic E-state index is -0.322. The summed E-state index contributed by atoms with van der Waals surface area (Å²) in [6.07, 6.45) is 6.18. The zero-order valence-corrected chi connectivity index (χ0v) is 15.6. The number of aromatic amines is 1. The van der Waals surface area contributed by atoms with Crippen molar-refractivity contribution in [3.8, 4) is 11.4 Å². The van der Waals surface area contributed by atoms with Crippen LogP contribution in [-0.4, -0.2) is 27.1 Å². The molecule has 0 aliphatic heterocycles. The van der Waals surface area contributed by atoms with Gasteiger partial charge in [-0.2, -0.15) is 0 Å². The van der Waals surface area contributed by atoms with Gasteiger partial charge in [0.15, 0.2) is 5.82 Å². The fourth-order valence-corrected chi connectivity index (χ4v) is 3.35. The van der Waals surface area contributed by atoms with Gasteiger partial charge < -0.3 is 10.3 Å². The first-order valence-electron chi connectivity index (χ1n) is 9.04. The van der Waals surface area contributed by atoms with Crippen LogP contribution in [0.15, 0.2) is 23.0 Å². The number of carbonyl (C=O) groups excluding carboxylic acids is 1. The summed E-state index contributed by atoms with van der Waals surface area (Å²) in [4.78, 5) is 27.0. The van der Waals surface area contributed by atoms with Gasteiger partial charge in [-0.1, -0.05) is 43.0 Å². The average Bonchev–Trinajstić information content (AvgIpc) is 2.64. The molecule has 1 amide bonds. The van der Waals surface area contributed by atoms with E-state index in [1.54, 1.807) is 6.07 Å². The maximum absolute atomic E-state index is 12.2. The molecular weight excluding hydrogens is 352 g/mol. The number of hydrogen-bond donors (Lipinski definition) is 2. The Morgan fingerprint density at radius 1 is 1.27 bits per heavy atom. The summed E-state index contributed by atoms with van der Waals surface area (Å²) in [5.74, 6) is 0.333. The van der Waals surface area contributed by atoms with Crippen molar-refractivity contribution in [2.75, 3.05) is 0 Å². The highest BCUT2D eigenvalue weighted by Gasteiger charge is 2.16. The van der Waals surface area contributed by atoms with Crippen LogP contribution in [0.1, 0.15) is 49.8 Å². The quantitative estimate of drug-likeness (QED) is 0.841. The zero-order valence-electron chi connectivity index (χ0n) is 14.8. The summed E-state index contributed by atoms with van der Waals surface area (Å²) >= 11 is 6.11. The van der Waals surface area contributed by atoms with E-state index in [1.807, 2.05) is 19.1 Å². The number of carbonyl (C=O) groups is 1. The number of rotatable bonds is 5. The van der Waals surface area contributed by atoms with Gasteiger partial charge in [-0.05, 0) is 31.4 Å². The molecule has 7 heteroatoms. The first kappa shape index (κ1) is 18.6. The molecule has 0 bridgehead atoms. The highest BCUT2D eigenvalue weighted by Crippen LogP contribution is 2.22. The van der Waals surface area contributed by atoms with Crippen LogP contribution in [0.2, 0.25) is 5.02 Å². The fourth-order valence-electron chi connectivity index (χ4n) is 3.17. The van der Waals surface area contributed by atoms with Crippen LogP contribution in [0, 0.1) is 6.92 Å². The topological polar surface area (TPSA) is 87.7 Å². The molecule has 2 aromatic rings. The van der Waals surface area contributed by atoms with Gasteiger partial charge >= 0.3 is 0 Å². The van der Waals surface area contributed by atoms with Crippen LogP contribution in [0.25, 0.3) is 11.4 Å². The first-order valence-corrected chi connectivity index (χ1v) is 9.42. The Morgan fingerprint density at radius 3 is 2.73 bits per heavy atom. The van der Waals surface area contributed by atoms with E-state index in [9.17, 15) is 9.59 Å². The molecule has 0 radical (unpaired) electrons. The Hall–Kier alpha value is -2.21. The first-order chi connectivity index (χ1) is 12.5. The van der Waals surface area contributed by atoms with Crippen LogP contribution in [0.4, 0.5) is 0 Å². The van der Waals surface area contributed by atoms with Gasteiger partial charge in [0.1, 0.15) is 5.69 Å². The summed E-state index contributed by atoms with van der Waals surface area (Å²) in [6.45, 7) is 1.90. The lowest BCUT2D eigenvalue weighted by Gasteiger charge is -2.22. The molecule has 1 fully saturated rings. The molecule has 0 saturated heterocycles. The second-order valence-electron chi connectivity index (χ2n) is 6.82. The number of nitrogens with zero attached hydrogens (tertiary/aromatic N) is 2. The summed E-state index contributed by atoms with van der Waals surface area (Å²) in [6, 6.07) is 5.71. The van der Waals surface area contributed by atoms with Crippen molar-refractivity contribution in [1.82, 2.24) is 20.5 Å². The highest BCUT2D eigenvalue weighted by atomic mass is 35.5. The van der Waals surface area contributed by atoms with Gasteiger partial charge in [0.25, 0.3) is 5.56 Å². The van der Waals surface area contributed by atoms with Gasteiger partial charge in [-0.3, -0.25) is 9.59 Å². The van der Waals surface area contributed by atoms with Gasteiger partial charge in [0.2, 0.25) is 5.91 Å². The smallest absolute Gasteiger partial charge is 0.273 e. The van der Waals surface area contributed by atoms with Crippen molar-refractivity contribution >= 4 is 17.5 Å². The number of amides is 1. The maximum Gasteiger partial charge on any atom is 0.273 e. The predicted octanol–water partition coefficient (Wildman–Crippen LogP) is 3.18. The van der Waals surface area contributed by atoms with Crippen LogP contribution in [-0.2, 0) is 11.2 Å². The summed E-state index contributed by atoms with van der Waals surface area (Å²) in [5, 5.41) is 11.7. The second kappa shape index (κ2) is 8.45. The van der Waals surface area contributed by atoms with Gasteiger partial charge in [-0.15, -0.1) is 10.2 Å². The molecule has 26 heavy (non-hydrogen) atoms. The second-order valence-corrected chi connectivity index (χ2v) is 7.22. The van der Waals surface area contributed by atoms with E-state index in [2.05, 4.69) is 20.5 Å². The van der Waals surface area contributed by atoms with Gasteiger partial charge in [-0.25, -0.2) is 0 Å². The molecule has 1 saturated carbocycles. The summed E-state index contributed by atoms with van der Waals surface area (Å²) < 4.78 is 0. The summed E-state index contributed by atoms with van der Waals surface area (Å²) in [5.41, 5.74) is 1.60. The van der Waals surface area contributed by atoms with Gasteiger partial charge in [0.05, 0.1) is 0 Å². The molecule has 1 aliphatic rings. The van der Waals surface area contributed by atoms with Crippen molar-refractivity contribution in [2.24, 2.45) is 0 Å². The third-order valence-corrected chi connectivity index (χ3v) is 5.18. The Balaban J connectivity index is 1.61. The van der Waals surface area contributed by atoms with Crippen molar-refractivity contribution < 1.29 is 4.79 Å². The van der Waals surface area contributed by atoms with Crippen LogP contribution < -0.4 is 10.9 Å². The Bertz CT molecular complexity index is 844. The minimum absolute atomic E-state index is 0.0347. The third-order valence-electron chi connectivity index (χ3n) is 4.77. The molecule has 0 spiro atoms. The molecule has 1 aliphatic carbocycles. The van der Waals surface area contributed by atoms with E-state index < -0.39 is 0 Å². The van der Waals surface area contributed by atoms with E-state index in [0.717, 1.165) is 18.4 Å². The lowest BCUT2D eigenvalue weighted by atomic mass is 9.95. The highest BCUT2D eigenvalue weighted by molar-refractivity contribution is 6.31. The van der Waals surface area contributed by atoms with E-state index in [-0.39, 0.29) is 36.0 Å². The fraction of sp³-hybridized carbons (Fsp3) is 0.474. The number of aryl methyl sites for hydroxylation is 2. The van der Waals surface area contributed by atoms with Crippen molar-refractivity contribution in [1.29, 1.82) is 0 Å². The monoisotopic (exact) mass is 374 g/mol. The molecule has 138 valence electrons. The minimum Gasteiger partial charge on any atom is -0.353 e. The molecule has 1 aromatic heterocycles. The molecule has 1 heterocycles. The number of aromatic nitrogens is 3. The van der Waals surface area contributed by atoms with E-state index in [0.29, 0.717) is 16.4 Å². The number of H-pyrrole nitrogens is 1. The van der Waals surface area contributed by atoms with E-state index in [4.69, 9.17) is 11.6 Å². The molecule has 6 nitrogen and oxygen atoms in total. The van der Waals surface area contributed by atoms with Crippen molar-refractivity contribution in [2.45, 2.75) is 57.9 Å². The third kappa shape index (κ3) is 4.69. The molecule has 0 atom stereocenters. The predicted molar refractivity (Wildman–Crippen MR) is 101 cm³/mol. The number of nitrogens with one attached hydrogen (secondary N) is 2. The Kier molecular flexibility index (Phi) is 6.04. The lowest BCUT2D eigenvalue weighted by Crippen LogP contribution is -2.36. The molecule has 2 N–H and O–H groups in total. The Labute approximate surface area is 157 Å². The van der Waals surface area contributed by atoms with Crippen molar-refractivity contribution in [3.05, 3.63) is 44.8 Å². The normalized spacial score (nSPS) is 15.0. The maximum atomic E-state index is 12.2. The van der Waals surface area contributed by atoms with Crippen LogP contribution in [0.3, 0.4) is 0 Å². The average molecular weight is 375 g/mol. The van der Waals surface area contributed by atoms with Crippen LogP contribution >= 0.6 is 11.6 Å². The van der Waals surface area contributed by atoms with Crippen molar-refractivity contribution in [3.63, 3.8) is 0 Å².